The molecule has 0 aliphatic carbocycles. The molecule has 1 N–H and O–H groups in total. The van der Waals surface area contributed by atoms with Crippen molar-refractivity contribution in [3.05, 3.63) is 59.1 Å². The number of carbonyl (C=O) groups is 3. The fourth-order valence-corrected chi connectivity index (χ4v) is 4.27. The normalized spacial score (nSPS) is 17.5. The predicted molar refractivity (Wildman–Crippen MR) is 123 cm³/mol. The van der Waals surface area contributed by atoms with Gasteiger partial charge in [-0.3, -0.25) is 14.5 Å². The topological polar surface area (TPSA) is 88.1 Å². The molecule has 0 radical (unpaired) electrons. The van der Waals surface area contributed by atoms with Crippen LogP contribution < -0.4 is 5.32 Å². The molecule has 162 valence electrons. The number of esters is 1. The first-order chi connectivity index (χ1) is 14.9. The highest BCUT2D eigenvalue weighted by molar-refractivity contribution is 8.15. The van der Waals surface area contributed by atoms with Gasteiger partial charge in [-0.05, 0) is 50.2 Å². The number of carbonyl (C=O) groups excluding carboxylic acids is 3. The van der Waals surface area contributed by atoms with Gasteiger partial charge in [-0.15, -0.1) is 0 Å². The number of thioether (sulfide) groups is 1. The number of anilines is 1. The molecule has 9 heteroatoms. The van der Waals surface area contributed by atoms with Crippen molar-refractivity contribution in [2.45, 2.75) is 25.5 Å². The third-order valence-corrected chi connectivity index (χ3v) is 6.00. The first-order valence-electron chi connectivity index (χ1n) is 9.81. The van der Waals surface area contributed by atoms with E-state index in [2.05, 4.69) is 10.3 Å². The van der Waals surface area contributed by atoms with Gasteiger partial charge >= 0.3 is 5.97 Å². The van der Waals surface area contributed by atoms with Crippen LogP contribution in [0.15, 0.2) is 53.5 Å². The highest BCUT2D eigenvalue weighted by atomic mass is 35.5. The van der Waals surface area contributed by atoms with Crippen molar-refractivity contribution in [2.24, 2.45) is 4.99 Å². The zero-order valence-electron chi connectivity index (χ0n) is 17.1. The summed E-state index contributed by atoms with van der Waals surface area (Å²) in [6.45, 7) is 4.32. The molecule has 1 atom stereocenters. The maximum Gasteiger partial charge on any atom is 0.338 e. The quantitative estimate of drug-likeness (QED) is 0.642. The number of amides is 2. The summed E-state index contributed by atoms with van der Waals surface area (Å²) in [6, 6.07) is 13.5. The third kappa shape index (κ3) is 5.65. The minimum Gasteiger partial charge on any atom is -0.462 e. The summed E-state index contributed by atoms with van der Waals surface area (Å²) < 4.78 is 4.98. The average molecular weight is 460 g/mol. The molecule has 1 saturated heterocycles. The van der Waals surface area contributed by atoms with Gasteiger partial charge in [0.15, 0.2) is 5.17 Å². The molecule has 1 aliphatic heterocycles. The number of para-hydroxylation sites is 1. The second kappa shape index (κ2) is 10.5. The Hall–Kier alpha value is -2.84. The average Bonchev–Trinajstić information content (AvgIpc) is 2.76. The van der Waals surface area contributed by atoms with E-state index < -0.39 is 11.2 Å². The molecule has 2 aromatic carbocycles. The van der Waals surface area contributed by atoms with Crippen molar-refractivity contribution in [3.63, 3.8) is 0 Å². The predicted octanol–water partition coefficient (Wildman–Crippen LogP) is 4.50. The summed E-state index contributed by atoms with van der Waals surface area (Å²) in [5, 5.41) is 3.00. The lowest BCUT2D eigenvalue weighted by atomic mass is 10.2. The Morgan fingerprint density at radius 1 is 1.19 bits per heavy atom. The Morgan fingerprint density at radius 3 is 2.55 bits per heavy atom. The fourth-order valence-electron chi connectivity index (χ4n) is 2.93. The number of aliphatic imine (C=N–C) groups is 1. The van der Waals surface area contributed by atoms with Crippen LogP contribution in [0.25, 0.3) is 0 Å². The van der Waals surface area contributed by atoms with Crippen LogP contribution in [0.4, 0.5) is 11.4 Å². The van der Waals surface area contributed by atoms with Gasteiger partial charge in [0.25, 0.3) is 0 Å². The number of nitrogens with zero attached hydrogens (tertiary/aromatic N) is 2. The minimum atomic E-state index is -0.635. The number of ether oxygens (including phenoxy) is 1. The van der Waals surface area contributed by atoms with Gasteiger partial charge in [0.05, 0.1) is 28.6 Å². The number of amidine groups is 1. The highest BCUT2D eigenvalue weighted by Crippen LogP contribution is 2.30. The summed E-state index contributed by atoms with van der Waals surface area (Å²) in [4.78, 5) is 43.3. The van der Waals surface area contributed by atoms with E-state index in [9.17, 15) is 14.4 Å². The second-order valence-electron chi connectivity index (χ2n) is 6.58. The van der Waals surface area contributed by atoms with Gasteiger partial charge in [-0.25, -0.2) is 9.79 Å². The summed E-state index contributed by atoms with van der Waals surface area (Å²) >= 11 is 7.34. The molecule has 0 aromatic heterocycles. The first kappa shape index (κ1) is 22.8. The van der Waals surface area contributed by atoms with Crippen LogP contribution in [0.5, 0.6) is 0 Å². The van der Waals surface area contributed by atoms with E-state index in [0.29, 0.717) is 40.3 Å². The van der Waals surface area contributed by atoms with E-state index in [1.807, 2.05) is 6.92 Å². The summed E-state index contributed by atoms with van der Waals surface area (Å²) in [5.41, 5.74) is 1.48. The summed E-state index contributed by atoms with van der Waals surface area (Å²) in [7, 11) is 0. The zero-order valence-corrected chi connectivity index (χ0v) is 18.7. The molecule has 1 heterocycles. The number of hydrogen-bond donors (Lipinski definition) is 1. The van der Waals surface area contributed by atoms with Gasteiger partial charge in [-0.1, -0.05) is 35.5 Å². The lowest BCUT2D eigenvalue weighted by Gasteiger charge is -2.31. The number of benzene rings is 2. The summed E-state index contributed by atoms with van der Waals surface area (Å²) in [6.07, 6.45) is 0.0651. The molecule has 1 unspecified atom stereocenters. The van der Waals surface area contributed by atoms with E-state index in [1.54, 1.807) is 60.4 Å². The van der Waals surface area contributed by atoms with Crippen LogP contribution in [0.1, 0.15) is 30.6 Å². The monoisotopic (exact) mass is 459 g/mol. The Morgan fingerprint density at radius 2 is 1.90 bits per heavy atom. The van der Waals surface area contributed by atoms with Crippen molar-refractivity contribution in [1.29, 1.82) is 0 Å². The molecule has 2 aromatic rings. The van der Waals surface area contributed by atoms with Crippen molar-refractivity contribution in [2.75, 3.05) is 18.5 Å². The molecule has 1 fully saturated rings. The molecule has 31 heavy (non-hydrogen) atoms. The van der Waals surface area contributed by atoms with Gasteiger partial charge in [0.2, 0.25) is 11.8 Å². The van der Waals surface area contributed by atoms with Crippen LogP contribution in [0, 0.1) is 0 Å². The molecular weight excluding hydrogens is 438 g/mol. The number of rotatable bonds is 6. The fraction of sp³-hybridized carbons (Fsp3) is 0.273. The van der Waals surface area contributed by atoms with Gasteiger partial charge in [0.1, 0.15) is 5.25 Å². The van der Waals surface area contributed by atoms with Crippen LogP contribution in [0.3, 0.4) is 0 Å². The van der Waals surface area contributed by atoms with E-state index in [1.165, 1.54) is 11.8 Å². The molecule has 0 spiro atoms. The Balaban J connectivity index is 1.79. The van der Waals surface area contributed by atoms with Gasteiger partial charge in [-0.2, -0.15) is 0 Å². The van der Waals surface area contributed by atoms with E-state index in [-0.39, 0.29) is 18.2 Å². The number of halogens is 1. The van der Waals surface area contributed by atoms with Crippen molar-refractivity contribution in [1.82, 2.24) is 4.90 Å². The molecule has 1 aliphatic rings. The minimum absolute atomic E-state index is 0.0651. The lowest BCUT2D eigenvalue weighted by molar-refractivity contribution is -0.129. The van der Waals surface area contributed by atoms with E-state index in [0.717, 1.165) is 0 Å². The van der Waals surface area contributed by atoms with E-state index in [4.69, 9.17) is 16.3 Å². The molecular formula is C22H22ClN3O4S. The van der Waals surface area contributed by atoms with Crippen molar-refractivity contribution in [3.8, 4) is 0 Å². The maximum absolute atomic E-state index is 12.8. The standard InChI is InChI=1S/C22H22ClN3O4S/c1-3-26-19(27)13-18(20(28)25-17-8-6-5-7-16(17)23)31-22(26)24-15-11-9-14(10-12-15)21(29)30-4-2/h5-12,18H,3-4,13H2,1-2H3,(H,25,28). The number of hydrogen-bond acceptors (Lipinski definition) is 6. The zero-order chi connectivity index (χ0) is 22.4. The molecule has 7 nitrogen and oxygen atoms in total. The van der Waals surface area contributed by atoms with Crippen LogP contribution in [0.2, 0.25) is 5.02 Å². The van der Waals surface area contributed by atoms with E-state index >= 15 is 0 Å². The Kier molecular flexibility index (Phi) is 7.70. The van der Waals surface area contributed by atoms with Gasteiger partial charge in [0, 0.05) is 13.0 Å². The number of nitrogens with one attached hydrogen (secondary N) is 1. The summed E-state index contributed by atoms with van der Waals surface area (Å²) in [5.74, 6) is -0.898. The van der Waals surface area contributed by atoms with Crippen molar-refractivity contribution < 1.29 is 19.1 Å². The van der Waals surface area contributed by atoms with Crippen LogP contribution in [-0.4, -0.2) is 46.3 Å². The van der Waals surface area contributed by atoms with Crippen LogP contribution >= 0.6 is 23.4 Å². The van der Waals surface area contributed by atoms with Gasteiger partial charge < -0.3 is 10.1 Å². The smallest absolute Gasteiger partial charge is 0.338 e. The largest absolute Gasteiger partial charge is 0.462 e. The maximum atomic E-state index is 12.8. The molecule has 3 rings (SSSR count). The molecule has 0 bridgehead atoms. The Labute approximate surface area is 189 Å². The first-order valence-corrected chi connectivity index (χ1v) is 11.1. The van der Waals surface area contributed by atoms with Crippen molar-refractivity contribution >= 4 is 57.7 Å². The van der Waals surface area contributed by atoms with Crippen LogP contribution in [-0.2, 0) is 14.3 Å². The Bertz CT molecular complexity index is 1010. The second-order valence-corrected chi connectivity index (χ2v) is 8.16. The molecule has 0 saturated carbocycles. The molecule has 2 amide bonds. The lowest BCUT2D eigenvalue weighted by Crippen LogP contribution is -2.45. The third-order valence-electron chi connectivity index (χ3n) is 4.48. The highest BCUT2D eigenvalue weighted by Gasteiger charge is 2.35. The SMILES string of the molecule is CCOC(=O)c1ccc(N=C2SC(C(=O)Nc3ccccc3Cl)CC(=O)N2CC)cc1.